The molecule has 0 atom stereocenters. The minimum atomic E-state index is -3.56. The molecule has 0 spiro atoms. The smallest absolute Gasteiger partial charge is 0.246 e. The summed E-state index contributed by atoms with van der Waals surface area (Å²) in [4.78, 5) is 12.2. The number of hydrogen-bond acceptors (Lipinski definition) is 8. The van der Waals surface area contributed by atoms with E-state index in [-0.39, 0.29) is 22.3 Å². The van der Waals surface area contributed by atoms with Crippen LogP contribution < -0.4 is 20.5 Å². The molecule has 142 valence electrons. The maximum absolute atomic E-state index is 12.3. The molecule has 1 aromatic heterocycles. The number of carbonyl (C=O) groups is 1. The highest BCUT2D eigenvalue weighted by Gasteiger charge is 2.24. The van der Waals surface area contributed by atoms with Gasteiger partial charge in [-0.25, -0.2) is 13.1 Å². The third-order valence-corrected chi connectivity index (χ3v) is 5.39. The number of benzene rings is 1. The number of hydrogen-bond donors (Lipinski definition) is 2. The lowest BCUT2D eigenvalue weighted by molar-refractivity contribution is -0.116. The summed E-state index contributed by atoms with van der Waals surface area (Å²) in [5.41, 5.74) is 6.37. The number of nitrogen functional groups attached to an aromatic ring is 1. The van der Waals surface area contributed by atoms with Crippen molar-refractivity contribution in [1.29, 1.82) is 0 Å². The van der Waals surface area contributed by atoms with Crippen LogP contribution in [-0.4, -0.2) is 50.8 Å². The van der Waals surface area contributed by atoms with Gasteiger partial charge < -0.3 is 20.5 Å². The van der Waals surface area contributed by atoms with Crippen LogP contribution in [0.4, 0.5) is 11.5 Å². The first-order valence-electron chi connectivity index (χ1n) is 7.33. The molecule has 11 heteroatoms. The molecule has 2 aromatic rings. The van der Waals surface area contributed by atoms with Crippen LogP contribution in [0.2, 0.25) is 0 Å². The van der Waals surface area contributed by atoms with Crippen LogP contribution in [0.15, 0.2) is 28.1 Å². The van der Waals surface area contributed by atoms with Gasteiger partial charge in [-0.1, -0.05) is 0 Å². The molecule has 1 heterocycles. The molecule has 0 saturated heterocycles. The Morgan fingerprint density at radius 2 is 1.96 bits per heavy atom. The van der Waals surface area contributed by atoms with Gasteiger partial charge in [-0.15, -0.1) is 11.8 Å². The minimum absolute atomic E-state index is 0.0658. The van der Waals surface area contributed by atoms with Gasteiger partial charge in [0.1, 0.15) is 22.3 Å². The van der Waals surface area contributed by atoms with Gasteiger partial charge in [-0.3, -0.25) is 4.79 Å². The second-order valence-corrected chi connectivity index (χ2v) is 8.02. The van der Waals surface area contributed by atoms with Crippen molar-refractivity contribution in [2.45, 2.75) is 16.5 Å². The Hall–Kier alpha value is -2.40. The zero-order valence-corrected chi connectivity index (χ0v) is 16.4. The highest BCUT2D eigenvalue weighted by molar-refractivity contribution is 7.99. The zero-order valence-electron chi connectivity index (χ0n) is 14.8. The Morgan fingerprint density at radius 1 is 1.31 bits per heavy atom. The first-order valence-corrected chi connectivity index (χ1v) is 10.4. The molecule has 9 nitrogen and oxygen atoms in total. The molecule has 0 unspecified atom stereocenters. The van der Waals surface area contributed by atoms with Gasteiger partial charge >= 0.3 is 0 Å². The molecule has 26 heavy (non-hydrogen) atoms. The van der Waals surface area contributed by atoms with E-state index >= 15 is 0 Å². The predicted molar refractivity (Wildman–Crippen MR) is 99.7 cm³/mol. The number of rotatable bonds is 7. The number of aromatic nitrogens is 2. The summed E-state index contributed by atoms with van der Waals surface area (Å²) in [5.74, 6) is 0.510. The number of thioether (sulfide) groups is 1. The molecule has 0 bridgehead atoms. The van der Waals surface area contributed by atoms with E-state index < -0.39 is 15.7 Å². The monoisotopic (exact) mass is 400 g/mol. The Morgan fingerprint density at radius 3 is 2.46 bits per heavy atom. The Balaban J connectivity index is 2.22. The van der Waals surface area contributed by atoms with E-state index in [1.807, 2.05) is 0 Å². The topological polar surface area (TPSA) is 126 Å². The molecular weight excluding hydrogens is 380 g/mol. The van der Waals surface area contributed by atoms with Crippen molar-refractivity contribution in [2.75, 3.05) is 37.8 Å². The van der Waals surface area contributed by atoms with Crippen LogP contribution >= 0.6 is 11.8 Å². The maximum Gasteiger partial charge on any atom is 0.246 e. The number of amides is 1. The van der Waals surface area contributed by atoms with Gasteiger partial charge in [0.05, 0.1) is 14.2 Å². The average molecular weight is 400 g/mol. The van der Waals surface area contributed by atoms with Crippen molar-refractivity contribution in [2.24, 2.45) is 0 Å². The van der Waals surface area contributed by atoms with Crippen LogP contribution in [-0.2, 0) is 21.2 Å². The third-order valence-electron chi connectivity index (χ3n) is 3.44. The summed E-state index contributed by atoms with van der Waals surface area (Å²) in [7, 11) is -0.554. The summed E-state index contributed by atoms with van der Waals surface area (Å²) in [6.07, 6.45) is 2.73. The first kappa shape index (κ1) is 19.9. The van der Waals surface area contributed by atoms with Crippen LogP contribution in [0.5, 0.6) is 11.5 Å². The van der Waals surface area contributed by atoms with Crippen LogP contribution in [0.25, 0.3) is 0 Å². The van der Waals surface area contributed by atoms with Gasteiger partial charge in [-0.2, -0.15) is 5.10 Å². The van der Waals surface area contributed by atoms with E-state index in [1.165, 1.54) is 14.2 Å². The summed E-state index contributed by atoms with van der Waals surface area (Å²) >= 11 is 1.14. The van der Waals surface area contributed by atoms with Gasteiger partial charge in [0.15, 0.2) is 21.3 Å². The molecular formula is C15H20N4O5S2. The number of carbonyl (C=O) groups excluding carboxylic acids is 1. The second kappa shape index (κ2) is 7.87. The zero-order chi connectivity index (χ0) is 19.5. The number of nitrogens with two attached hydrogens (primary N) is 1. The third kappa shape index (κ3) is 4.22. The lowest BCUT2D eigenvalue weighted by atomic mass is 10.2. The van der Waals surface area contributed by atoms with Crippen molar-refractivity contribution in [3.63, 3.8) is 0 Å². The molecule has 0 aliphatic rings. The lowest BCUT2D eigenvalue weighted by Gasteiger charge is -2.11. The molecule has 0 fully saturated rings. The summed E-state index contributed by atoms with van der Waals surface area (Å²) in [6.45, 7) is -0.233. The van der Waals surface area contributed by atoms with E-state index in [9.17, 15) is 13.2 Å². The van der Waals surface area contributed by atoms with Crippen LogP contribution in [0, 0.1) is 0 Å². The summed E-state index contributed by atoms with van der Waals surface area (Å²) in [5, 5.41) is 7.04. The quantitative estimate of drug-likeness (QED) is 0.665. The van der Waals surface area contributed by atoms with E-state index in [0.717, 1.165) is 22.7 Å². The average Bonchev–Trinajstić information content (AvgIpc) is 2.90. The van der Waals surface area contributed by atoms with Gasteiger partial charge in [-0.05, 0) is 18.4 Å². The molecule has 0 aliphatic carbocycles. The Labute approximate surface area is 155 Å². The van der Waals surface area contributed by atoms with Crippen LogP contribution in [0.1, 0.15) is 0 Å². The van der Waals surface area contributed by atoms with Crippen molar-refractivity contribution in [3.8, 4) is 11.5 Å². The number of nitrogens with one attached hydrogen (secondary N) is 1. The van der Waals surface area contributed by atoms with E-state index in [2.05, 4.69) is 10.4 Å². The molecule has 1 amide bonds. The molecule has 0 aliphatic heterocycles. The SMILES string of the molecule is COc1ccc(NC(=O)Cn2nc(SC)c(S(C)(=O)=O)c2N)cc1OC. The van der Waals surface area contributed by atoms with Crippen molar-refractivity contribution < 1.29 is 22.7 Å². The molecule has 0 radical (unpaired) electrons. The van der Waals surface area contributed by atoms with Gasteiger partial charge in [0.25, 0.3) is 0 Å². The lowest BCUT2D eigenvalue weighted by Crippen LogP contribution is -2.21. The molecule has 0 saturated carbocycles. The van der Waals surface area contributed by atoms with Crippen molar-refractivity contribution in [3.05, 3.63) is 18.2 Å². The highest BCUT2D eigenvalue weighted by atomic mass is 32.2. The minimum Gasteiger partial charge on any atom is -0.493 e. The number of anilines is 2. The number of methoxy groups -OCH3 is 2. The fraction of sp³-hybridized carbons (Fsp3) is 0.333. The van der Waals surface area contributed by atoms with Gasteiger partial charge in [0, 0.05) is 18.0 Å². The highest BCUT2D eigenvalue weighted by Crippen LogP contribution is 2.31. The molecule has 1 aromatic carbocycles. The van der Waals surface area contributed by atoms with Crippen molar-refractivity contribution in [1.82, 2.24) is 9.78 Å². The molecule has 2 rings (SSSR count). The Kier molecular flexibility index (Phi) is 6.03. The number of ether oxygens (including phenoxy) is 2. The summed E-state index contributed by atoms with van der Waals surface area (Å²) in [6, 6.07) is 4.92. The number of nitrogens with zero attached hydrogens (tertiary/aromatic N) is 2. The first-order chi connectivity index (χ1) is 12.2. The van der Waals surface area contributed by atoms with E-state index in [0.29, 0.717) is 17.2 Å². The van der Waals surface area contributed by atoms with E-state index in [1.54, 1.807) is 24.5 Å². The van der Waals surface area contributed by atoms with Gasteiger partial charge in [0.2, 0.25) is 5.91 Å². The normalized spacial score (nSPS) is 11.2. The molecule has 3 N–H and O–H groups in total. The standard InChI is InChI=1S/C15H20N4O5S2/c1-23-10-6-5-9(7-11(10)24-2)17-12(20)8-19-14(16)13(26(4,21)22)15(18-19)25-3/h5-7H,8,16H2,1-4H3,(H,17,20). The summed E-state index contributed by atoms with van der Waals surface area (Å²) < 4.78 is 35.3. The van der Waals surface area contributed by atoms with Crippen molar-refractivity contribution >= 4 is 39.0 Å². The number of sulfone groups is 1. The van der Waals surface area contributed by atoms with E-state index in [4.69, 9.17) is 15.2 Å². The van der Waals surface area contributed by atoms with Crippen LogP contribution in [0.3, 0.4) is 0 Å². The predicted octanol–water partition coefficient (Wildman–Crippen LogP) is 1.25. The Bertz CT molecular complexity index is 924. The largest absolute Gasteiger partial charge is 0.493 e. The fourth-order valence-electron chi connectivity index (χ4n) is 2.29. The maximum atomic E-state index is 12.3. The fourth-order valence-corrected chi connectivity index (χ4v) is 4.31. The second-order valence-electron chi connectivity index (χ2n) is 5.27.